The zero-order valence-electron chi connectivity index (χ0n) is 17.3. The zero-order valence-corrected chi connectivity index (χ0v) is 17.3. The summed E-state index contributed by atoms with van der Waals surface area (Å²) < 4.78 is 1.89. The highest BCUT2D eigenvalue weighted by Crippen LogP contribution is 2.32. The molecule has 3 amide bonds. The summed E-state index contributed by atoms with van der Waals surface area (Å²) in [6.45, 7) is 4.37. The molecule has 0 unspecified atom stereocenters. The van der Waals surface area contributed by atoms with Crippen LogP contribution in [0.2, 0.25) is 0 Å². The van der Waals surface area contributed by atoms with Crippen molar-refractivity contribution in [2.45, 2.75) is 77.0 Å². The summed E-state index contributed by atoms with van der Waals surface area (Å²) >= 11 is 0. The van der Waals surface area contributed by atoms with Gasteiger partial charge in [0.15, 0.2) is 0 Å². The maximum atomic E-state index is 13.1. The van der Waals surface area contributed by atoms with Gasteiger partial charge in [-0.05, 0) is 49.9 Å². The number of urea groups is 1. The number of nitrogens with one attached hydrogen (secondary N) is 1. The minimum absolute atomic E-state index is 0.00304. The second-order valence-electron chi connectivity index (χ2n) is 8.67. The van der Waals surface area contributed by atoms with E-state index >= 15 is 0 Å². The second kappa shape index (κ2) is 7.78. The lowest BCUT2D eigenvalue weighted by Gasteiger charge is -2.28. The quantitative estimate of drug-likeness (QED) is 0.775. The molecule has 2 fully saturated rings. The minimum atomic E-state index is -0.854. The molecule has 1 aliphatic heterocycles. The molecule has 1 spiro atoms. The van der Waals surface area contributed by atoms with E-state index in [2.05, 4.69) is 16.4 Å². The van der Waals surface area contributed by atoms with Gasteiger partial charge >= 0.3 is 6.03 Å². The molecular weight excluding hydrogens is 368 g/mol. The van der Waals surface area contributed by atoms with Gasteiger partial charge in [-0.1, -0.05) is 32.1 Å². The minimum Gasteiger partial charge on any atom is -0.389 e. The van der Waals surface area contributed by atoms with Crippen LogP contribution in [0.1, 0.15) is 56.1 Å². The van der Waals surface area contributed by atoms with E-state index in [1.165, 1.54) is 16.9 Å². The SMILES string of the molecule is Cc1cc2ncn(C[C@H](O)CN3C(=O)NC4(CCCCCCC4)C3=O)c2cc1C. The van der Waals surface area contributed by atoms with Crippen molar-refractivity contribution >= 4 is 23.0 Å². The molecule has 2 heterocycles. The molecule has 2 aliphatic rings. The number of amides is 3. The van der Waals surface area contributed by atoms with Gasteiger partial charge in [0.05, 0.1) is 36.6 Å². The van der Waals surface area contributed by atoms with Gasteiger partial charge in [-0.2, -0.15) is 0 Å². The van der Waals surface area contributed by atoms with Crippen LogP contribution in [0.3, 0.4) is 0 Å². The van der Waals surface area contributed by atoms with Crippen molar-refractivity contribution in [3.05, 3.63) is 29.6 Å². The lowest BCUT2D eigenvalue weighted by Crippen LogP contribution is -2.47. The van der Waals surface area contributed by atoms with Gasteiger partial charge in [-0.3, -0.25) is 9.69 Å². The Balaban J connectivity index is 1.47. The third-order valence-corrected chi connectivity index (χ3v) is 6.49. The molecule has 0 bridgehead atoms. The summed E-state index contributed by atoms with van der Waals surface area (Å²) in [7, 11) is 0. The molecule has 1 saturated carbocycles. The predicted molar refractivity (Wildman–Crippen MR) is 111 cm³/mol. The Hall–Kier alpha value is -2.41. The van der Waals surface area contributed by atoms with E-state index < -0.39 is 11.6 Å². The van der Waals surface area contributed by atoms with E-state index in [0.717, 1.165) is 42.3 Å². The van der Waals surface area contributed by atoms with Crippen molar-refractivity contribution in [1.29, 1.82) is 0 Å². The molecule has 7 nitrogen and oxygen atoms in total. The Kier molecular flexibility index (Phi) is 5.34. The number of aromatic nitrogens is 2. The molecule has 1 aromatic carbocycles. The summed E-state index contributed by atoms with van der Waals surface area (Å²) in [6, 6.07) is 3.71. The molecule has 1 saturated heterocycles. The summed E-state index contributed by atoms with van der Waals surface area (Å²) in [5.41, 5.74) is 3.39. The molecule has 2 aromatic rings. The van der Waals surface area contributed by atoms with Crippen molar-refractivity contribution in [3.8, 4) is 0 Å². The first kappa shape index (κ1) is 19.9. The molecule has 1 atom stereocenters. The fraction of sp³-hybridized carbons (Fsp3) is 0.591. The van der Waals surface area contributed by atoms with Crippen LogP contribution in [0.25, 0.3) is 11.0 Å². The molecule has 1 aromatic heterocycles. The highest BCUT2D eigenvalue weighted by molar-refractivity contribution is 6.07. The Labute approximate surface area is 171 Å². The number of fused-ring (bicyclic) bond motifs is 1. The Morgan fingerprint density at radius 3 is 2.45 bits per heavy atom. The smallest absolute Gasteiger partial charge is 0.325 e. The normalized spacial score (nSPS) is 20.7. The molecule has 7 heteroatoms. The summed E-state index contributed by atoms with van der Waals surface area (Å²) in [5.74, 6) is -0.176. The lowest BCUT2D eigenvalue weighted by atomic mass is 9.84. The van der Waals surface area contributed by atoms with Gasteiger partial charge in [0.2, 0.25) is 0 Å². The van der Waals surface area contributed by atoms with Crippen molar-refractivity contribution < 1.29 is 14.7 Å². The van der Waals surface area contributed by atoms with Gasteiger partial charge in [-0.15, -0.1) is 0 Å². The fourth-order valence-corrected chi connectivity index (χ4v) is 4.64. The van der Waals surface area contributed by atoms with Crippen LogP contribution in [0.5, 0.6) is 0 Å². The molecule has 0 radical (unpaired) electrons. The van der Waals surface area contributed by atoms with E-state index in [9.17, 15) is 14.7 Å². The van der Waals surface area contributed by atoms with Crippen molar-refractivity contribution in [3.63, 3.8) is 0 Å². The van der Waals surface area contributed by atoms with Gasteiger partial charge in [0.1, 0.15) is 5.54 Å². The maximum absolute atomic E-state index is 13.1. The Bertz CT molecular complexity index is 928. The number of benzene rings is 1. The molecule has 156 valence electrons. The third kappa shape index (κ3) is 3.75. The second-order valence-corrected chi connectivity index (χ2v) is 8.67. The number of carbonyl (C=O) groups excluding carboxylic acids is 2. The summed E-state index contributed by atoms with van der Waals surface area (Å²) in [6.07, 6.45) is 7.51. The third-order valence-electron chi connectivity index (χ3n) is 6.49. The van der Waals surface area contributed by atoms with Gasteiger partial charge in [-0.25, -0.2) is 9.78 Å². The number of aliphatic hydroxyl groups is 1. The number of aliphatic hydroxyl groups excluding tert-OH is 1. The molecular formula is C22H30N4O3. The largest absolute Gasteiger partial charge is 0.389 e. The number of carbonyl (C=O) groups is 2. The van der Waals surface area contributed by atoms with Crippen molar-refractivity contribution in [2.24, 2.45) is 0 Å². The van der Waals surface area contributed by atoms with Crippen LogP contribution >= 0.6 is 0 Å². The van der Waals surface area contributed by atoms with Gasteiger partial charge in [0, 0.05) is 0 Å². The number of nitrogens with zero attached hydrogens (tertiary/aromatic N) is 3. The molecule has 4 rings (SSSR count). The molecule has 1 aliphatic carbocycles. The van der Waals surface area contributed by atoms with Crippen molar-refractivity contribution in [2.75, 3.05) is 6.54 Å². The predicted octanol–water partition coefficient (Wildman–Crippen LogP) is 3.05. The van der Waals surface area contributed by atoms with E-state index in [1.54, 1.807) is 6.33 Å². The molecule has 2 N–H and O–H groups in total. The number of hydrogen-bond donors (Lipinski definition) is 2. The first-order chi connectivity index (χ1) is 13.9. The highest BCUT2D eigenvalue weighted by atomic mass is 16.3. The Morgan fingerprint density at radius 1 is 1.07 bits per heavy atom. The average Bonchev–Trinajstić information content (AvgIpc) is 3.13. The Morgan fingerprint density at radius 2 is 1.72 bits per heavy atom. The monoisotopic (exact) mass is 398 g/mol. The van der Waals surface area contributed by atoms with E-state index in [0.29, 0.717) is 12.8 Å². The molecule has 29 heavy (non-hydrogen) atoms. The number of β-amino-alcohol motifs (C(OH)–C–C–N with tert-alkyl or cyclic N) is 1. The van der Waals surface area contributed by atoms with Crippen LogP contribution < -0.4 is 5.32 Å². The lowest BCUT2D eigenvalue weighted by molar-refractivity contribution is -0.133. The number of hydrogen-bond acceptors (Lipinski definition) is 4. The van der Waals surface area contributed by atoms with Crippen LogP contribution in [-0.4, -0.2) is 49.7 Å². The maximum Gasteiger partial charge on any atom is 0.325 e. The summed E-state index contributed by atoms with van der Waals surface area (Å²) in [5, 5.41) is 13.6. The zero-order chi connectivity index (χ0) is 20.6. The standard InChI is InChI=1S/C22H30N4O3/c1-15-10-18-19(11-16(15)2)25(14-23-18)12-17(27)13-26-20(28)22(24-21(26)29)8-6-4-3-5-7-9-22/h10-11,14,17,27H,3-9,12-13H2,1-2H3,(H,24,29)/t17-/m0/s1. The topological polar surface area (TPSA) is 87.5 Å². The van der Waals surface area contributed by atoms with E-state index in [1.807, 2.05) is 24.5 Å². The van der Waals surface area contributed by atoms with Gasteiger partial charge < -0.3 is 15.0 Å². The number of aryl methyl sites for hydroxylation is 2. The number of imidazole rings is 1. The first-order valence-electron chi connectivity index (χ1n) is 10.6. The van der Waals surface area contributed by atoms with Crippen LogP contribution in [0.4, 0.5) is 4.79 Å². The van der Waals surface area contributed by atoms with Crippen LogP contribution in [0.15, 0.2) is 18.5 Å². The van der Waals surface area contributed by atoms with Crippen LogP contribution in [-0.2, 0) is 11.3 Å². The van der Waals surface area contributed by atoms with Crippen LogP contribution in [0, 0.1) is 13.8 Å². The van der Waals surface area contributed by atoms with Gasteiger partial charge in [0.25, 0.3) is 5.91 Å². The van der Waals surface area contributed by atoms with Crippen molar-refractivity contribution in [1.82, 2.24) is 19.8 Å². The number of rotatable bonds is 4. The average molecular weight is 399 g/mol. The highest BCUT2D eigenvalue weighted by Gasteiger charge is 2.50. The fourth-order valence-electron chi connectivity index (χ4n) is 4.64. The van der Waals surface area contributed by atoms with E-state index in [4.69, 9.17) is 0 Å². The first-order valence-corrected chi connectivity index (χ1v) is 10.6. The van der Waals surface area contributed by atoms with E-state index in [-0.39, 0.29) is 25.0 Å². The number of imide groups is 1. The summed E-state index contributed by atoms with van der Waals surface area (Å²) in [4.78, 5) is 31.3.